The van der Waals surface area contributed by atoms with E-state index in [1.54, 1.807) is 22.8 Å². The van der Waals surface area contributed by atoms with Crippen LogP contribution in [-0.2, 0) is 16.9 Å². The van der Waals surface area contributed by atoms with Gasteiger partial charge in [0.25, 0.3) is 5.91 Å². The predicted octanol–water partition coefficient (Wildman–Crippen LogP) is 3.60. The number of imidazole rings is 1. The minimum atomic E-state index is -3.42. The van der Waals surface area contributed by atoms with Crippen LogP contribution in [0.3, 0.4) is 0 Å². The van der Waals surface area contributed by atoms with E-state index in [0.29, 0.717) is 21.7 Å². The Morgan fingerprint density at radius 2 is 1.97 bits per heavy atom. The second-order valence-corrected chi connectivity index (χ2v) is 9.45. The van der Waals surface area contributed by atoms with Gasteiger partial charge < -0.3 is 14.9 Å². The van der Waals surface area contributed by atoms with Gasteiger partial charge in [-0.15, -0.1) is 0 Å². The fourth-order valence-electron chi connectivity index (χ4n) is 3.32. The van der Waals surface area contributed by atoms with Crippen LogP contribution >= 0.6 is 11.6 Å². The summed E-state index contributed by atoms with van der Waals surface area (Å²) in [4.78, 5) is 19.7. The van der Waals surface area contributed by atoms with Gasteiger partial charge in [-0.25, -0.2) is 13.4 Å². The number of fused-ring (bicyclic) bond motifs is 2. The Bertz CT molecular complexity index is 1370. The summed E-state index contributed by atoms with van der Waals surface area (Å²) in [6.45, 7) is 1.87. The van der Waals surface area contributed by atoms with Crippen molar-refractivity contribution in [1.82, 2.24) is 19.9 Å². The summed E-state index contributed by atoms with van der Waals surface area (Å²) in [7, 11) is -1.60. The van der Waals surface area contributed by atoms with E-state index in [1.165, 1.54) is 0 Å². The number of halogens is 1. The van der Waals surface area contributed by atoms with E-state index >= 15 is 0 Å². The number of H-pyrrole nitrogens is 1. The van der Waals surface area contributed by atoms with Crippen molar-refractivity contribution < 1.29 is 13.2 Å². The first-order valence-corrected chi connectivity index (χ1v) is 11.2. The van der Waals surface area contributed by atoms with Gasteiger partial charge in [-0.05, 0) is 42.8 Å². The van der Waals surface area contributed by atoms with Crippen LogP contribution in [0, 0.1) is 0 Å². The Morgan fingerprint density at radius 1 is 1.21 bits per heavy atom. The largest absolute Gasteiger partial charge is 0.344 e. The van der Waals surface area contributed by atoms with E-state index in [4.69, 9.17) is 11.6 Å². The lowest BCUT2D eigenvalue weighted by Crippen LogP contribution is -2.28. The molecule has 0 aliphatic rings. The summed E-state index contributed by atoms with van der Waals surface area (Å²) in [6.07, 6.45) is 1.10. The molecular formula is C20H19ClN4O3S. The highest BCUT2D eigenvalue weighted by Crippen LogP contribution is 2.24. The van der Waals surface area contributed by atoms with E-state index in [0.717, 1.165) is 22.7 Å². The Kier molecular flexibility index (Phi) is 4.63. The highest BCUT2D eigenvalue weighted by atomic mass is 35.5. The van der Waals surface area contributed by atoms with Crippen molar-refractivity contribution in [2.75, 3.05) is 6.26 Å². The highest BCUT2D eigenvalue weighted by Gasteiger charge is 2.18. The number of benzene rings is 2. The van der Waals surface area contributed by atoms with Gasteiger partial charge in [-0.2, -0.15) is 0 Å². The van der Waals surface area contributed by atoms with Crippen LogP contribution in [0.5, 0.6) is 0 Å². The zero-order valence-electron chi connectivity index (χ0n) is 16.0. The van der Waals surface area contributed by atoms with Crippen molar-refractivity contribution in [2.45, 2.75) is 18.1 Å². The summed E-state index contributed by atoms with van der Waals surface area (Å²) in [6, 6.07) is 12.4. The molecule has 2 N–H and O–H groups in total. The van der Waals surface area contributed by atoms with Crippen molar-refractivity contribution in [1.29, 1.82) is 0 Å². The van der Waals surface area contributed by atoms with E-state index < -0.39 is 9.84 Å². The molecule has 0 saturated heterocycles. The Hall–Kier alpha value is -2.84. The van der Waals surface area contributed by atoms with Crippen LogP contribution in [0.15, 0.2) is 47.6 Å². The molecule has 4 aromatic rings. The van der Waals surface area contributed by atoms with Crippen LogP contribution in [0.1, 0.15) is 29.0 Å². The second-order valence-electron chi connectivity index (χ2n) is 7.08. The normalized spacial score (nSPS) is 13.1. The number of nitrogens with zero attached hydrogens (tertiary/aromatic N) is 2. The monoisotopic (exact) mass is 430 g/mol. The van der Waals surface area contributed by atoms with Crippen LogP contribution in [0.4, 0.5) is 0 Å². The lowest BCUT2D eigenvalue weighted by molar-refractivity contribution is 0.0932. The molecule has 0 radical (unpaired) electrons. The average molecular weight is 431 g/mol. The maximum atomic E-state index is 12.8. The SMILES string of the molecule is CC(NC(=O)c1cc2ccc(Cl)cc2n1C)c1ccc2nc(S(C)(=O)=O)[nH]c2c1. The molecule has 29 heavy (non-hydrogen) atoms. The lowest BCUT2D eigenvalue weighted by Gasteiger charge is -2.15. The van der Waals surface area contributed by atoms with Crippen LogP contribution < -0.4 is 5.32 Å². The first-order chi connectivity index (χ1) is 13.6. The molecule has 2 aromatic heterocycles. The van der Waals surface area contributed by atoms with Gasteiger partial charge in [0.05, 0.1) is 17.1 Å². The topological polar surface area (TPSA) is 96.8 Å². The van der Waals surface area contributed by atoms with Gasteiger partial charge >= 0.3 is 0 Å². The molecule has 0 aliphatic heterocycles. The quantitative estimate of drug-likeness (QED) is 0.517. The summed E-state index contributed by atoms with van der Waals surface area (Å²) < 4.78 is 25.2. The van der Waals surface area contributed by atoms with E-state index in [9.17, 15) is 13.2 Å². The van der Waals surface area contributed by atoms with Crippen molar-refractivity contribution >= 4 is 49.3 Å². The number of rotatable bonds is 4. The van der Waals surface area contributed by atoms with Crippen LogP contribution in [-0.4, -0.2) is 35.1 Å². The van der Waals surface area contributed by atoms with E-state index in [2.05, 4.69) is 15.3 Å². The Balaban J connectivity index is 1.61. The molecule has 0 aliphatic carbocycles. The molecule has 4 rings (SSSR count). The molecule has 1 atom stereocenters. The number of aromatic amines is 1. The van der Waals surface area contributed by atoms with Crippen molar-refractivity contribution in [3.05, 3.63) is 58.7 Å². The number of aromatic nitrogens is 3. The molecule has 2 aromatic carbocycles. The zero-order valence-corrected chi connectivity index (χ0v) is 17.6. The van der Waals surface area contributed by atoms with E-state index in [1.807, 2.05) is 38.2 Å². The summed E-state index contributed by atoms with van der Waals surface area (Å²) in [5.41, 5.74) is 3.39. The molecule has 1 amide bonds. The standard InChI is InChI=1S/C20H19ClN4O3S/c1-11(12-5-7-15-16(8-12)24-20(23-15)29(3,27)28)22-19(26)18-9-13-4-6-14(21)10-17(13)25(18)2/h4-11H,1-3H3,(H,22,26)(H,23,24). The fraction of sp³-hybridized carbons (Fsp3) is 0.200. The number of hydrogen-bond donors (Lipinski definition) is 2. The predicted molar refractivity (Wildman–Crippen MR) is 113 cm³/mol. The van der Waals surface area contributed by atoms with Crippen LogP contribution in [0.2, 0.25) is 5.02 Å². The van der Waals surface area contributed by atoms with Gasteiger partial charge in [-0.1, -0.05) is 23.7 Å². The van der Waals surface area contributed by atoms with Gasteiger partial charge in [0.1, 0.15) is 5.69 Å². The maximum absolute atomic E-state index is 12.8. The van der Waals surface area contributed by atoms with Crippen molar-refractivity contribution in [3.63, 3.8) is 0 Å². The molecule has 2 heterocycles. The molecule has 0 fully saturated rings. The molecule has 7 nitrogen and oxygen atoms in total. The van der Waals surface area contributed by atoms with Gasteiger partial charge in [-0.3, -0.25) is 4.79 Å². The molecule has 0 spiro atoms. The average Bonchev–Trinajstić information content (AvgIpc) is 3.22. The molecule has 0 saturated carbocycles. The number of amides is 1. The summed E-state index contributed by atoms with van der Waals surface area (Å²) in [5, 5.41) is 4.46. The summed E-state index contributed by atoms with van der Waals surface area (Å²) in [5.74, 6) is -0.214. The molecule has 150 valence electrons. The maximum Gasteiger partial charge on any atom is 0.268 e. The minimum Gasteiger partial charge on any atom is -0.344 e. The molecule has 9 heteroatoms. The lowest BCUT2D eigenvalue weighted by atomic mass is 10.1. The number of hydrogen-bond acceptors (Lipinski definition) is 4. The van der Waals surface area contributed by atoms with Crippen molar-refractivity contribution in [3.8, 4) is 0 Å². The molecule has 1 unspecified atom stereocenters. The third kappa shape index (κ3) is 3.61. The van der Waals surface area contributed by atoms with Gasteiger partial charge in [0.15, 0.2) is 0 Å². The number of carbonyl (C=O) groups is 1. The van der Waals surface area contributed by atoms with E-state index in [-0.39, 0.29) is 17.1 Å². The van der Waals surface area contributed by atoms with Crippen LogP contribution in [0.25, 0.3) is 21.9 Å². The smallest absolute Gasteiger partial charge is 0.268 e. The third-order valence-electron chi connectivity index (χ3n) is 4.92. The summed E-state index contributed by atoms with van der Waals surface area (Å²) >= 11 is 6.06. The number of sulfone groups is 1. The Morgan fingerprint density at radius 3 is 2.69 bits per heavy atom. The second kappa shape index (κ2) is 6.89. The van der Waals surface area contributed by atoms with Gasteiger partial charge in [0.2, 0.25) is 15.0 Å². The number of carbonyl (C=O) groups excluding carboxylic acids is 1. The molecular weight excluding hydrogens is 412 g/mol. The first-order valence-electron chi connectivity index (χ1n) is 8.89. The Labute approximate surface area is 172 Å². The van der Waals surface area contributed by atoms with Gasteiger partial charge in [0, 0.05) is 29.2 Å². The first kappa shape index (κ1) is 19.5. The minimum absolute atomic E-state index is 0.0736. The van der Waals surface area contributed by atoms with Crippen molar-refractivity contribution in [2.24, 2.45) is 7.05 Å². The third-order valence-corrected chi connectivity index (χ3v) is 6.05. The zero-order chi connectivity index (χ0) is 20.9. The number of aryl methyl sites for hydroxylation is 1. The number of nitrogens with one attached hydrogen (secondary N) is 2. The fourth-order valence-corrected chi connectivity index (χ4v) is 4.05. The molecule has 0 bridgehead atoms. The highest BCUT2D eigenvalue weighted by molar-refractivity contribution is 7.90.